The molecule has 5 nitrogen and oxygen atoms in total. The number of amides is 1. The molecule has 1 heterocycles. The van der Waals surface area contributed by atoms with E-state index in [0.29, 0.717) is 16.0 Å². The molecule has 2 rings (SSSR count). The highest BCUT2D eigenvalue weighted by molar-refractivity contribution is 9.10. The van der Waals surface area contributed by atoms with E-state index in [-0.39, 0.29) is 11.0 Å². The maximum atomic E-state index is 12.1. The van der Waals surface area contributed by atoms with E-state index >= 15 is 0 Å². The number of halogens is 1. The van der Waals surface area contributed by atoms with Crippen LogP contribution >= 0.6 is 28.1 Å². The van der Waals surface area contributed by atoms with E-state index in [9.17, 15) is 4.79 Å². The van der Waals surface area contributed by atoms with Gasteiger partial charge in [0.2, 0.25) is 5.95 Å². The molecule has 2 N–H and O–H groups in total. The number of aromatic nitrogens is 2. The SMILES string of the molecule is Cc1cc(C)nc(NC(=S)NC(=O)c2ccccc2Br)n1. The third kappa shape index (κ3) is 4.30. The number of thiocarbonyl (C=S) groups is 1. The summed E-state index contributed by atoms with van der Waals surface area (Å²) in [7, 11) is 0. The molecular weight excluding hydrogens is 352 g/mol. The van der Waals surface area contributed by atoms with Crippen LogP contribution in [0.25, 0.3) is 0 Å². The molecule has 0 fully saturated rings. The van der Waals surface area contributed by atoms with Crippen LogP contribution in [-0.4, -0.2) is 21.0 Å². The summed E-state index contributed by atoms with van der Waals surface area (Å²) in [6.45, 7) is 3.73. The molecule has 0 unspecified atom stereocenters. The Hall–Kier alpha value is -1.86. The molecule has 108 valence electrons. The van der Waals surface area contributed by atoms with E-state index < -0.39 is 0 Å². The molecule has 1 aromatic heterocycles. The van der Waals surface area contributed by atoms with Crippen LogP contribution in [0.5, 0.6) is 0 Å². The monoisotopic (exact) mass is 364 g/mol. The van der Waals surface area contributed by atoms with Crippen molar-refractivity contribution in [1.82, 2.24) is 15.3 Å². The van der Waals surface area contributed by atoms with Crippen LogP contribution in [0, 0.1) is 13.8 Å². The maximum Gasteiger partial charge on any atom is 0.258 e. The van der Waals surface area contributed by atoms with Gasteiger partial charge in [-0.3, -0.25) is 10.1 Å². The summed E-state index contributed by atoms with van der Waals surface area (Å²) >= 11 is 8.43. The van der Waals surface area contributed by atoms with Crippen molar-refractivity contribution in [2.45, 2.75) is 13.8 Å². The number of anilines is 1. The highest BCUT2D eigenvalue weighted by atomic mass is 79.9. The molecule has 7 heteroatoms. The Morgan fingerprint density at radius 1 is 1.19 bits per heavy atom. The van der Waals surface area contributed by atoms with Crippen molar-refractivity contribution in [2.75, 3.05) is 5.32 Å². The number of nitrogens with zero attached hydrogens (tertiary/aromatic N) is 2. The predicted octanol–water partition coefficient (Wildman–Crippen LogP) is 2.98. The number of rotatable bonds is 2. The third-order valence-electron chi connectivity index (χ3n) is 2.55. The summed E-state index contributed by atoms with van der Waals surface area (Å²) in [4.78, 5) is 20.5. The van der Waals surface area contributed by atoms with Crippen molar-refractivity contribution in [3.8, 4) is 0 Å². The molecule has 0 saturated heterocycles. The van der Waals surface area contributed by atoms with Crippen molar-refractivity contribution in [1.29, 1.82) is 0 Å². The minimum Gasteiger partial charge on any atom is -0.301 e. The van der Waals surface area contributed by atoms with Gasteiger partial charge in [0.1, 0.15) is 0 Å². The van der Waals surface area contributed by atoms with E-state index in [0.717, 1.165) is 11.4 Å². The number of nitrogens with one attached hydrogen (secondary N) is 2. The molecule has 0 spiro atoms. The van der Waals surface area contributed by atoms with Crippen LogP contribution in [0.1, 0.15) is 21.7 Å². The van der Waals surface area contributed by atoms with Gasteiger partial charge in [0.15, 0.2) is 5.11 Å². The van der Waals surface area contributed by atoms with Crippen LogP contribution in [0.15, 0.2) is 34.8 Å². The fraction of sp³-hybridized carbons (Fsp3) is 0.143. The highest BCUT2D eigenvalue weighted by Gasteiger charge is 2.11. The number of benzene rings is 1. The fourth-order valence-electron chi connectivity index (χ4n) is 1.73. The summed E-state index contributed by atoms with van der Waals surface area (Å²) in [6, 6.07) is 8.96. The standard InChI is InChI=1S/C14H13BrN4OS/c1-8-7-9(2)17-13(16-8)19-14(21)18-12(20)10-5-3-4-6-11(10)15/h3-7H,1-2H3,(H2,16,17,18,19,20,21). The van der Waals surface area contributed by atoms with Gasteiger partial charge in [0.25, 0.3) is 5.91 Å². The second-order valence-electron chi connectivity index (χ2n) is 4.36. The lowest BCUT2D eigenvalue weighted by Gasteiger charge is -2.10. The molecule has 1 aromatic carbocycles. The largest absolute Gasteiger partial charge is 0.301 e. The minimum atomic E-state index is -0.302. The Morgan fingerprint density at radius 2 is 1.81 bits per heavy atom. The maximum absolute atomic E-state index is 12.1. The number of carbonyl (C=O) groups excluding carboxylic acids is 1. The van der Waals surface area contributed by atoms with E-state index in [1.807, 2.05) is 26.0 Å². The lowest BCUT2D eigenvalue weighted by molar-refractivity contribution is 0.0977. The first-order valence-electron chi connectivity index (χ1n) is 6.15. The van der Waals surface area contributed by atoms with Crippen LogP contribution in [0.4, 0.5) is 5.95 Å². The van der Waals surface area contributed by atoms with Gasteiger partial charge in [-0.25, -0.2) is 9.97 Å². The lowest BCUT2D eigenvalue weighted by atomic mass is 10.2. The Balaban J connectivity index is 2.05. The smallest absolute Gasteiger partial charge is 0.258 e. The zero-order chi connectivity index (χ0) is 15.4. The molecule has 0 atom stereocenters. The average Bonchev–Trinajstić information content (AvgIpc) is 2.37. The quantitative estimate of drug-likeness (QED) is 0.801. The van der Waals surface area contributed by atoms with Crippen molar-refractivity contribution in [3.05, 3.63) is 51.8 Å². The topological polar surface area (TPSA) is 66.9 Å². The first-order valence-corrected chi connectivity index (χ1v) is 7.35. The molecule has 1 amide bonds. The van der Waals surface area contributed by atoms with Crippen LogP contribution < -0.4 is 10.6 Å². The molecule has 0 bridgehead atoms. The summed E-state index contributed by atoms with van der Waals surface area (Å²) < 4.78 is 0.702. The van der Waals surface area contributed by atoms with Gasteiger partial charge >= 0.3 is 0 Å². The highest BCUT2D eigenvalue weighted by Crippen LogP contribution is 2.15. The molecule has 0 saturated carbocycles. The third-order valence-corrected chi connectivity index (χ3v) is 3.45. The molecular formula is C14H13BrN4OS. The van der Waals surface area contributed by atoms with E-state index in [1.54, 1.807) is 18.2 Å². The zero-order valence-electron chi connectivity index (χ0n) is 11.5. The average molecular weight is 365 g/mol. The van der Waals surface area contributed by atoms with Gasteiger partial charge in [-0.2, -0.15) is 0 Å². The normalized spacial score (nSPS) is 10.0. The van der Waals surface area contributed by atoms with Crippen LogP contribution in [0.2, 0.25) is 0 Å². The van der Waals surface area contributed by atoms with Gasteiger partial charge in [0.05, 0.1) is 5.56 Å². The Bertz CT molecular complexity index is 685. The number of hydrogen-bond donors (Lipinski definition) is 2. The summed E-state index contributed by atoms with van der Waals surface area (Å²) in [6.07, 6.45) is 0. The molecule has 0 aliphatic heterocycles. The van der Waals surface area contributed by atoms with Crippen molar-refractivity contribution in [3.63, 3.8) is 0 Å². The minimum absolute atomic E-state index is 0.153. The Labute approximate surface area is 136 Å². The molecule has 0 aliphatic rings. The number of hydrogen-bond acceptors (Lipinski definition) is 4. The van der Waals surface area contributed by atoms with Crippen molar-refractivity contribution < 1.29 is 4.79 Å². The fourth-order valence-corrected chi connectivity index (χ4v) is 2.38. The second-order valence-corrected chi connectivity index (χ2v) is 5.62. The van der Waals surface area contributed by atoms with E-state index in [2.05, 4.69) is 36.5 Å². The number of aryl methyl sites for hydroxylation is 2. The summed E-state index contributed by atoms with van der Waals surface area (Å²) in [5.74, 6) is 0.0641. The number of carbonyl (C=O) groups is 1. The zero-order valence-corrected chi connectivity index (χ0v) is 13.9. The van der Waals surface area contributed by atoms with Gasteiger partial charge in [0, 0.05) is 15.9 Å². The van der Waals surface area contributed by atoms with Crippen molar-refractivity contribution in [2.24, 2.45) is 0 Å². The molecule has 21 heavy (non-hydrogen) atoms. The van der Waals surface area contributed by atoms with Gasteiger partial charge in [-0.15, -0.1) is 0 Å². The van der Waals surface area contributed by atoms with Gasteiger partial charge < -0.3 is 5.32 Å². The second kappa shape index (κ2) is 6.73. The van der Waals surface area contributed by atoms with E-state index in [4.69, 9.17) is 12.2 Å². The first-order chi connectivity index (χ1) is 9.95. The van der Waals surface area contributed by atoms with Crippen molar-refractivity contribution >= 4 is 45.1 Å². The van der Waals surface area contributed by atoms with Gasteiger partial charge in [-0.05, 0) is 60.2 Å². The molecule has 0 aliphatic carbocycles. The van der Waals surface area contributed by atoms with Crippen LogP contribution in [0.3, 0.4) is 0 Å². The van der Waals surface area contributed by atoms with E-state index in [1.165, 1.54) is 0 Å². The van der Waals surface area contributed by atoms with Gasteiger partial charge in [-0.1, -0.05) is 12.1 Å². The first kappa shape index (κ1) is 15.5. The Kier molecular flexibility index (Phi) is 4.98. The lowest BCUT2D eigenvalue weighted by Crippen LogP contribution is -2.34. The predicted molar refractivity (Wildman–Crippen MR) is 89.3 cm³/mol. The molecule has 0 radical (unpaired) electrons. The molecule has 2 aromatic rings. The van der Waals surface area contributed by atoms with Crippen LogP contribution in [-0.2, 0) is 0 Å². The summed E-state index contributed by atoms with van der Waals surface area (Å²) in [5, 5.41) is 5.55. The summed E-state index contributed by atoms with van der Waals surface area (Å²) in [5.41, 5.74) is 2.15. The Morgan fingerprint density at radius 3 is 2.43 bits per heavy atom.